The van der Waals surface area contributed by atoms with Crippen LogP contribution in [0, 0.1) is 11.3 Å². The molecule has 0 radical (unpaired) electrons. The zero-order valence-electron chi connectivity index (χ0n) is 10.0. The van der Waals surface area contributed by atoms with E-state index in [-0.39, 0.29) is 6.10 Å². The summed E-state index contributed by atoms with van der Waals surface area (Å²) in [6.07, 6.45) is 6.81. The van der Waals surface area contributed by atoms with Crippen molar-refractivity contribution in [3.63, 3.8) is 0 Å². The molecule has 1 nitrogen and oxygen atoms in total. The first kappa shape index (κ1) is 11.8. The van der Waals surface area contributed by atoms with E-state index >= 15 is 0 Å². The van der Waals surface area contributed by atoms with Gasteiger partial charge in [0.25, 0.3) is 0 Å². The predicted octanol–water partition coefficient (Wildman–Crippen LogP) is 3.53. The Kier molecular flexibility index (Phi) is 3.77. The van der Waals surface area contributed by atoms with Gasteiger partial charge in [0.05, 0.1) is 6.10 Å². The van der Waals surface area contributed by atoms with Crippen LogP contribution in [0.1, 0.15) is 53.4 Å². The smallest absolute Gasteiger partial charge is 0.0756 e. The molecule has 1 fully saturated rings. The first-order chi connectivity index (χ1) is 6.43. The molecule has 1 aliphatic carbocycles. The van der Waals surface area contributed by atoms with Crippen LogP contribution in [0.5, 0.6) is 0 Å². The first-order valence-electron chi connectivity index (χ1n) is 5.76. The molecule has 0 amide bonds. The van der Waals surface area contributed by atoms with Crippen LogP contribution in [-0.4, -0.2) is 11.2 Å². The van der Waals surface area contributed by atoms with Gasteiger partial charge >= 0.3 is 0 Å². The van der Waals surface area contributed by atoms with E-state index < -0.39 is 0 Å². The van der Waals surface area contributed by atoms with Crippen molar-refractivity contribution in [1.29, 1.82) is 0 Å². The Morgan fingerprint density at radius 1 is 1.36 bits per heavy atom. The van der Waals surface area contributed by atoms with E-state index in [1.165, 1.54) is 31.3 Å². The highest BCUT2D eigenvalue weighted by atomic mass is 16.3. The van der Waals surface area contributed by atoms with E-state index in [1.807, 2.05) is 6.08 Å². The molecule has 82 valence electrons. The van der Waals surface area contributed by atoms with E-state index in [9.17, 15) is 5.11 Å². The van der Waals surface area contributed by atoms with Crippen LogP contribution < -0.4 is 0 Å². The lowest BCUT2D eigenvalue weighted by Crippen LogP contribution is -2.35. The Morgan fingerprint density at radius 3 is 2.50 bits per heavy atom. The van der Waals surface area contributed by atoms with E-state index in [0.717, 1.165) is 0 Å². The summed E-state index contributed by atoms with van der Waals surface area (Å²) in [5.41, 5.74) is 1.53. The van der Waals surface area contributed by atoms with Crippen LogP contribution in [0.25, 0.3) is 0 Å². The van der Waals surface area contributed by atoms with Crippen LogP contribution in [0.3, 0.4) is 0 Å². The molecule has 0 spiro atoms. The summed E-state index contributed by atoms with van der Waals surface area (Å²) >= 11 is 0. The second-order valence-corrected chi connectivity index (χ2v) is 5.58. The van der Waals surface area contributed by atoms with Crippen LogP contribution in [0.2, 0.25) is 0 Å². The van der Waals surface area contributed by atoms with E-state index in [1.54, 1.807) is 0 Å². The highest BCUT2D eigenvalue weighted by Crippen LogP contribution is 2.42. The van der Waals surface area contributed by atoms with E-state index in [2.05, 4.69) is 27.7 Å². The van der Waals surface area contributed by atoms with Gasteiger partial charge in [-0.25, -0.2) is 0 Å². The molecule has 2 atom stereocenters. The number of rotatable bonds is 2. The van der Waals surface area contributed by atoms with Gasteiger partial charge in [-0.05, 0) is 38.0 Å². The second kappa shape index (κ2) is 4.48. The Bertz CT molecular complexity index is 211. The van der Waals surface area contributed by atoms with Crippen molar-refractivity contribution in [1.82, 2.24) is 0 Å². The van der Waals surface area contributed by atoms with Gasteiger partial charge in [-0.3, -0.25) is 0 Å². The Hall–Kier alpha value is -0.300. The Balaban J connectivity index is 2.69. The lowest BCUT2D eigenvalue weighted by atomic mass is 9.66. The zero-order chi connectivity index (χ0) is 10.8. The molecule has 0 aromatic heterocycles. The number of hydrogen-bond acceptors (Lipinski definition) is 1. The maximum Gasteiger partial charge on any atom is 0.0756 e. The summed E-state index contributed by atoms with van der Waals surface area (Å²) in [6.45, 7) is 8.69. The number of hydrogen-bond donors (Lipinski definition) is 1. The lowest BCUT2D eigenvalue weighted by molar-refractivity contribution is 0.0319. The van der Waals surface area contributed by atoms with Crippen molar-refractivity contribution in [2.75, 3.05) is 0 Å². The first-order valence-corrected chi connectivity index (χ1v) is 5.76. The minimum Gasteiger partial charge on any atom is -0.389 e. The molecule has 0 aliphatic heterocycles. The fourth-order valence-corrected chi connectivity index (χ4v) is 2.61. The third-order valence-corrected chi connectivity index (χ3v) is 3.51. The largest absolute Gasteiger partial charge is 0.389 e. The molecule has 1 N–H and O–H groups in total. The Labute approximate surface area is 88.2 Å². The molecule has 1 heteroatoms. The molecule has 0 aromatic rings. The third kappa shape index (κ3) is 2.84. The summed E-state index contributed by atoms with van der Waals surface area (Å²) < 4.78 is 0. The fourth-order valence-electron chi connectivity index (χ4n) is 2.61. The van der Waals surface area contributed by atoms with Gasteiger partial charge in [0.15, 0.2) is 0 Å². The van der Waals surface area contributed by atoms with E-state index in [4.69, 9.17) is 0 Å². The van der Waals surface area contributed by atoms with Crippen LogP contribution in [-0.2, 0) is 0 Å². The molecule has 0 bridgehead atoms. The van der Waals surface area contributed by atoms with Crippen molar-refractivity contribution in [2.24, 2.45) is 11.3 Å². The van der Waals surface area contributed by atoms with Gasteiger partial charge in [0.2, 0.25) is 0 Å². The number of aliphatic hydroxyl groups excluding tert-OH is 1. The highest BCUT2D eigenvalue weighted by Gasteiger charge is 2.35. The summed E-state index contributed by atoms with van der Waals surface area (Å²) in [5.74, 6) is 0.450. The van der Waals surface area contributed by atoms with Crippen LogP contribution in [0.15, 0.2) is 11.6 Å². The maximum absolute atomic E-state index is 10.1. The van der Waals surface area contributed by atoms with Crippen molar-refractivity contribution in [3.05, 3.63) is 11.6 Å². The zero-order valence-corrected chi connectivity index (χ0v) is 10.0. The van der Waals surface area contributed by atoms with Gasteiger partial charge in [-0.1, -0.05) is 38.3 Å². The molecule has 2 unspecified atom stereocenters. The van der Waals surface area contributed by atoms with Crippen molar-refractivity contribution < 1.29 is 5.11 Å². The van der Waals surface area contributed by atoms with Crippen LogP contribution in [0.4, 0.5) is 0 Å². The monoisotopic (exact) mass is 196 g/mol. The SMILES string of the molecule is CC(C)=CC(O)C1CCCCC1(C)C. The van der Waals surface area contributed by atoms with Crippen molar-refractivity contribution in [3.8, 4) is 0 Å². The standard InChI is InChI=1S/C13H24O/c1-10(2)9-12(14)11-7-5-6-8-13(11,3)4/h9,11-12,14H,5-8H2,1-4H3. The average molecular weight is 196 g/mol. The van der Waals surface area contributed by atoms with Gasteiger partial charge in [0.1, 0.15) is 0 Å². The summed E-state index contributed by atoms with van der Waals surface area (Å²) in [4.78, 5) is 0. The lowest BCUT2D eigenvalue weighted by Gasteiger charge is -2.40. The minimum atomic E-state index is -0.240. The number of allylic oxidation sites excluding steroid dienone is 1. The molecule has 0 aromatic carbocycles. The molecule has 0 heterocycles. The number of aliphatic hydroxyl groups is 1. The molecular weight excluding hydrogens is 172 g/mol. The molecule has 1 saturated carbocycles. The topological polar surface area (TPSA) is 20.2 Å². The van der Waals surface area contributed by atoms with Crippen LogP contribution >= 0.6 is 0 Å². The van der Waals surface area contributed by atoms with Gasteiger partial charge in [-0.15, -0.1) is 0 Å². The molecular formula is C13H24O. The summed E-state index contributed by atoms with van der Waals surface area (Å²) in [5, 5.41) is 10.1. The van der Waals surface area contributed by atoms with Crippen molar-refractivity contribution >= 4 is 0 Å². The molecule has 0 saturated heterocycles. The third-order valence-electron chi connectivity index (χ3n) is 3.51. The van der Waals surface area contributed by atoms with Gasteiger partial charge < -0.3 is 5.11 Å². The molecule has 14 heavy (non-hydrogen) atoms. The maximum atomic E-state index is 10.1. The normalized spacial score (nSPS) is 28.2. The second-order valence-electron chi connectivity index (χ2n) is 5.58. The summed E-state index contributed by atoms with van der Waals surface area (Å²) in [6, 6.07) is 0. The van der Waals surface area contributed by atoms with Gasteiger partial charge in [-0.2, -0.15) is 0 Å². The fraction of sp³-hybridized carbons (Fsp3) is 0.846. The molecule has 1 aliphatic rings. The van der Waals surface area contributed by atoms with Crippen molar-refractivity contribution in [2.45, 2.75) is 59.5 Å². The highest BCUT2D eigenvalue weighted by molar-refractivity contribution is 5.03. The molecule has 1 rings (SSSR count). The summed E-state index contributed by atoms with van der Waals surface area (Å²) in [7, 11) is 0. The Morgan fingerprint density at radius 2 is 2.00 bits per heavy atom. The minimum absolute atomic E-state index is 0.240. The van der Waals surface area contributed by atoms with Gasteiger partial charge in [0, 0.05) is 0 Å². The van der Waals surface area contributed by atoms with E-state index in [0.29, 0.717) is 11.3 Å². The predicted molar refractivity (Wildman–Crippen MR) is 61.2 cm³/mol. The average Bonchev–Trinajstić information content (AvgIpc) is 2.01. The quantitative estimate of drug-likeness (QED) is 0.670.